The smallest absolute Gasteiger partial charge is 0.160 e. The van der Waals surface area contributed by atoms with Crippen molar-refractivity contribution in [3.63, 3.8) is 0 Å². The van der Waals surface area contributed by atoms with Crippen LogP contribution in [-0.2, 0) is 4.43 Å². The molecule has 0 amide bonds. The van der Waals surface area contributed by atoms with Crippen molar-refractivity contribution in [3.8, 4) is 0 Å². The lowest BCUT2D eigenvalue weighted by Crippen LogP contribution is -2.39. The highest BCUT2D eigenvalue weighted by Gasteiger charge is 2.10. The van der Waals surface area contributed by atoms with Gasteiger partial charge in [-0.05, 0) is 28.2 Å². The van der Waals surface area contributed by atoms with Crippen molar-refractivity contribution in [1.82, 2.24) is 9.80 Å². The summed E-state index contributed by atoms with van der Waals surface area (Å²) in [7, 11) is 7.95. The Morgan fingerprint density at radius 3 is 2.09 bits per heavy atom. The van der Waals surface area contributed by atoms with Crippen LogP contribution < -0.4 is 0 Å². The fourth-order valence-corrected chi connectivity index (χ4v) is 1.66. The van der Waals surface area contributed by atoms with Gasteiger partial charge in [0.25, 0.3) is 0 Å². The Kier molecular flexibility index (Phi) is 5.76. The maximum absolute atomic E-state index is 5.64. The third-order valence-electron chi connectivity index (χ3n) is 1.46. The molecule has 0 bridgehead atoms. The van der Waals surface area contributed by atoms with Crippen molar-refractivity contribution < 1.29 is 4.43 Å². The molecule has 0 aliphatic rings. The minimum absolute atomic E-state index is 0.279. The molecule has 0 heterocycles. The van der Waals surface area contributed by atoms with E-state index in [2.05, 4.69) is 44.5 Å². The summed E-state index contributed by atoms with van der Waals surface area (Å²) in [5.74, 6) is 0. The first-order chi connectivity index (χ1) is 5.07. The largest absolute Gasteiger partial charge is 0.408 e. The summed E-state index contributed by atoms with van der Waals surface area (Å²) in [6, 6.07) is 0. The van der Waals surface area contributed by atoms with Crippen LogP contribution in [0.4, 0.5) is 0 Å². The molecule has 11 heavy (non-hydrogen) atoms. The van der Waals surface area contributed by atoms with E-state index in [1.165, 1.54) is 0 Å². The Balaban J connectivity index is 3.69. The molecule has 4 heteroatoms. The first-order valence-corrected chi connectivity index (χ1v) is 5.99. The predicted octanol–water partition coefficient (Wildman–Crippen LogP) is -0.416. The van der Waals surface area contributed by atoms with Crippen molar-refractivity contribution in [2.45, 2.75) is 12.8 Å². The standard InChI is InChI=1S/C7H20N2OSi/c1-8(2)6-7(9(3)4)10-11-5/h7H,6,11H2,1-5H3. The summed E-state index contributed by atoms with van der Waals surface area (Å²) in [5.41, 5.74) is 0. The fourth-order valence-electron chi connectivity index (χ4n) is 0.870. The molecule has 0 aromatic rings. The van der Waals surface area contributed by atoms with E-state index in [0.29, 0.717) is 0 Å². The Morgan fingerprint density at radius 1 is 1.27 bits per heavy atom. The molecule has 0 aliphatic carbocycles. The number of nitrogens with zero attached hydrogens (tertiary/aromatic N) is 2. The molecule has 1 atom stereocenters. The van der Waals surface area contributed by atoms with Crippen LogP contribution in [0, 0.1) is 0 Å². The van der Waals surface area contributed by atoms with Gasteiger partial charge in [-0.1, -0.05) is 6.55 Å². The van der Waals surface area contributed by atoms with E-state index < -0.39 is 0 Å². The first kappa shape index (κ1) is 11.1. The van der Waals surface area contributed by atoms with Gasteiger partial charge in [0, 0.05) is 6.54 Å². The predicted molar refractivity (Wildman–Crippen MR) is 51.5 cm³/mol. The Bertz CT molecular complexity index is 98.4. The Hall–Kier alpha value is 0.0969. The lowest BCUT2D eigenvalue weighted by molar-refractivity contribution is 0.0455. The van der Waals surface area contributed by atoms with Crippen molar-refractivity contribution in [3.05, 3.63) is 0 Å². The quantitative estimate of drug-likeness (QED) is 0.418. The van der Waals surface area contributed by atoms with E-state index in [4.69, 9.17) is 4.43 Å². The Morgan fingerprint density at radius 2 is 1.82 bits per heavy atom. The summed E-state index contributed by atoms with van der Waals surface area (Å²) >= 11 is 0. The number of hydrogen-bond donors (Lipinski definition) is 0. The van der Waals surface area contributed by atoms with Crippen LogP contribution in [0.1, 0.15) is 0 Å². The maximum atomic E-state index is 5.64. The molecule has 0 fully saturated rings. The van der Waals surface area contributed by atoms with E-state index in [1.54, 1.807) is 0 Å². The Labute approximate surface area is 72.3 Å². The average Bonchev–Trinajstić information content (AvgIpc) is 1.86. The highest BCUT2D eigenvalue weighted by Crippen LogP contribution is 1.95. The average molecular weight is 176 g/mol. The van der Waals surface area contributed by atoms with Crippen LogP contribution in [-0.4, -0.2) is 60.5 Å². The molecule has 0 aliphatic heterocycles. The molecule has 0 aromatic heterocycles. The molecule has 1 unspecified atom stereocenters. The maximum Gasteiger partial charge on any atom is 0.160 e. The van der Waals surface area contributed by atoms with Crippen LogP contribution >= 0.6 is 0 Å². The molecular weight excluding hydrogens is 156 g/mol. The van der Waals surface area contributed by atoms with E-state index in [1.807, 2.05) is 0 Å². The molecule has 3 nitrogen and oxygen atoms in total. The second-order valence-corrected chi connectivity index (χ2v) is 4.05. The van der Waals surface area contributed by atoms with Gasteiger partial charge < -0.3 is 9.33 Å². The second kappa shape index (κ2) is 5.71. The third kappa shape index (κ3) is 5.38. The van der Waals surface area contributed by atoms with Gasteiger partial charge >= 0.3 is 0 Å². The number of rotatable bonds is 5. The zero-order valence-corrected chi connectivity index (χ0v) is 9.71. The van der Waals surface area contributed by atoms with E-state index in [9.17, 15) is 0 Å². The SMILES string of the molecule is C[SiH2]OC(CN(C)C)N(C)C. The first-order valence-electron chi connectivity index (χ1n) is 4.00. The van der Waals surface area contributed by atoms with Crippen LogP contribution in [0.2, 0.25) is 6.55 Å². The van der Waals surface area contributed by atoms with Crippen LogP contribution in [0.3, 0.4) is 0 Å². The zero-order valence-electron chi connectivity index (χ0n) is 8.29. The van der Waals surface area contributed by atoms with Crippen LogP contribution in [0.15, 0.2) is 0 Å². The third-order valence-corrected chi connectivity index (χ3v) is 2.17. The van der Waals surface area contributed by atoms with Crippen molar-refractivity contribution >= 4 is 9.76 Å². The van der Waals surface area contributed by atoms with Crippen LogP contribution in [0.25, 0.3) is 0 Å². The van der Waals surface area contributed by atoms with Crippen molar-refractivity contribution in [2.75, 3.05) is 34.7 Å². The molecule has 0 aromatic carbocycles. The van der Waals surface area contributed by atoms with Gasteiger partial charge in [-0.15, -0.1) is 0 Å². The molecular formula is C7H20N2OSi. The van der Waals surface area contributed by atoms with Gasteiger partial charge in [0.2, 0.25) is 0 Å². The summed E-state index contributed by atoms with van der Waals surface area (Å²) in [5, 5.41) is 0. The minimum Gasteiger partial charge on any atom is -0.408 e. The summed E-state index contributed by atoms with van der Waals surface area (Å²) in [6.07, 6.45) is 0.279. The van der Waals surface area contributed by atoms with Gasteiger partial charge in [0.05, 0.1) is 0 Å². The van der Waals surface area contributed by atoms with Gasteiger partial charge in [0.1, 0.15) is 6.23 Å². The van der Waals surface area contributed by atoms with Gasteiger partial charge in [-0.25, -0.2) is 0 Å². The topological polar surface area (TPSA) is 15.7 Å². The highest BCUT2D eigenvalue weighted by atomic mass is 28.2. The van der Waals surface area contributed by atoms with Crippen LogP contribution in [0.5, 0.6) is 0 Å². The van der Waals surface area contributed by atoms with Gasteiger partial charge in [-0.2, -0.15) is 0 Å². The lowest BCUT2D eigenvalue weighted by Gasteiger charge is -2.27. The minimum atomic E-state index is -0.288. The monoisotopic (exact) mass is 176 g/mol. The highest BCUT2D eigenvalue weighted by molar-refractivity contribution is 6.24. The molecule has 0 N–H and O–H groups in total. The summed E-state index contributed by atoms with van der Waals surface area (Å²) in [6.45, 7) is 3.14. The second-order valence-electron chi connectivity index (χ2n) is 3.14. The molecule has 0 spiro atoms. The molecule has 0 rings (SSSR count). The fraction of sp³-hybridized carbons (Fsp3) is 1.00. The molecule has 0 saturated heterocycles. The van der Waals surface area contributed by atoms with E-state index >= 15 is 0 Å². The van der Waals surface area contributed by atoms with E-state index in [0.717, 1.165) is 6.54 Å². The lowest BCUT2D eigenvalue weighted by atomic mass is 10.5. The number of hydrogen-bond acceptors (Lipinski definition) is 3. The van der Waals surface area contributed by atoms with Crippen molar-refractivity contribution in [1.29, 1.82) is 0 Å². The van der Waals surface area contributed by atoms with E-state index in [-0.39, 0.29) is 16.0 Å². The van der Waals surface area contributed by atoms with Gasteiger partial charge in [-0.3, -0.25) is 4.90 Å². The molecule has 68 valence electrons. The van der Waals surface area contributed by atoms with Crippen molar-refractivity contribution in [2.24, 2.45) is 0 Å². The normalized spacial score (nSPS) is 15.5. The summed E-state index contributed by atoms with van der Waals surface area (Å²) in [4.78, 5) is 4.27. The zero-order chi connectivity index (χ0) is 8.85. The van der Waals surface area contributed by atoms with Gasteiger partial charge in [0.15, 0.2) is 9.76 Å². The molecule has 0 radical (unpaired) electrons. The molecule has 0 saturated carbocycles. The number of likely N-dealkylation sites (N-methyl/N-ethyl adjacent to an activating group) is 2. The summed E-state index contributed by atoms with van der Waals surface area (Å²) < 4.78 is 5.64.